The molecule has 1 aliphatic rings. The molecule has 1 aromatic heterocycles. The van der Waals surface area contributed by atoms with E-state index >= 15 is 0 Å². The molecule has 138 valence electrons. The third-order valence-electron chi connectivity index (χ3n) is 3.92. The van der Waals surface area contributed by atoms with Crippen molar-refractivity contribution in [2.45, 2.75) is 37.5 Å². The standard InChI is InChI=1S/C17H19FN4O2S2/c1-9(2)16-21-22-17(26-16)20-14(23)12-8-25-13(15(24)19-12)7-10-5-3-4-6-11(10)18/h3-6,9,12-13H,7-8H2,1-2H3,(H,19,24)(H,20,22,23). The Morgan fingerprint density at radius 3 is 2.81 bits per heavy atom. The third-order valence-corrected chi connectivity index (χ3v) is 6.37. The summed E-state index contributed by atoms with van der Waals surface area (Å²) in [6, 6.07) is 5.77. The van der Waals surface area contributed by atoms with Gasteiger partial charge in [-0.15, -0.1) is 22.0 Å². The number of halogens is 1. The molecule has 9 heteroatoms. The normalized spacial score (nSPS) is 20.1. The largest absolute Gasteiger partial charge is 0.343 e. The SMILES string of the molecule is CC(C)c1nnc(NC(=O)C2CSC(Cc3ccccc3F)C(=O)N2)s1. The maximum Gasteiger partial charge on any atom is 0.249 e. The zero-order valence-corrected chi connectivity index (χ0v) is 16.0. The molecule has 0 bridgehead atoms. The predicted octanol–water partition coefficient (Wildman–Crippen LogP) is 2.58. The van der Waals surface area contributed by atoms with Gasteiger partial charge in [-0.3, -0.25) is 14.9 Å². The number of nitrogens with one attached hydrogen (secondary N) is 2. The van der Waals surface area contributed by atoms with Crippen LogP contribution in [-0.4, -0.2) is 39.1 Å². The molecule has 0 aliphatic carbocycles. The second-order valence-corrected chi connectivity index (χ2v) is 8.51. The molecular formula is C17H19FN4O2S2. The minimum atomic E-state index is -0.643. The Hall–Kier alpha value is -2.00. The smallest absolute Gasteiger partial charge is 0.249 e. The lowest BCUT2D eigenvalue weighted by molar-refractivity contribution is -0.126. The van der Waals surface area contributed by atoms with Gasteiger partial charge >= 0.3 is 0 Å². The lowest BCUT2D eigenvalue weighted by Gasteiger charge is -2.27. The first-order chi connectivity index (χ1) is 12.4. The molecule has 2 heterocycles. The molecule has 0 saturated carbocycles. The van der Waals surface area contributed by atoms with Crippen LogP contribution < -0.4 is 10.6 Å². The van der Waals surface area contributed by atoms with Gasteiger partial charge in [0.1, 0.15) is 16.9 Å². The van der Waals surface area contributed by atoms with Crippen molar-refractivity contribution in [3.8, 4) is 0 Å². The summed E-state index contributed by atoms with van der Waals surface area (Å²) >= 11 is 2.68. The maximum atomic E-state index is 13.8. The summed E-state index contributed by atoms with van der Waals surface area (Å²) in [4.78, 5) is 24.7. The molecule has 2 unspecified atom stereocenters. The van der Waals surface area contributed by atoms with Crippen LogP contribution in [0.1, 0.15) is 30.3 Å². The van der Waals surface area contributed by atoms with Crippen LogP contribution in [0, 0.1) is 5.82 Å². The van der Waals surface area contributed by atoms with Crippen molar-refractivity contribution in [3.05, 3.63) is 40.7 Å². The minimum absolute atomic E-state index is 0.238. The van der Waals surface area contributed by atoms with Crippen LogP contribution in [0.5, 0.6) is 0 Å². The van der Waals surface area contributed by atoms with Crippen LogP contribution >= 0.6 is 23.1 Å². The highest BCUT2D eigenvalue weighted by molar-refractivity contribution is 8.00. The van der Waals surface area contributed by atoms with E-state index in [9.17, 15) is 14.0 Å². The van der Waals surface area contributed by atoms with Gasteiger partial charge in [0, 0.05) is 11.7 Å². The van der Waals surface area contributed by atoms with E-state index in [0.717, 1.165) is 5.01 Å². The van der Waals surface area contributed by atoms with Gasteiger partial charge in [0.05, 0.1) is 5.25 Å². The molecule has 0 radical (unpaired) electrons. The summed E-state index contributed by atoms with van der Waals surface area (Å²) in [5, 5.41) is 14.2. The summed E-state index contributed by atoms with van der Waals surface area (Å²) in [5.74, 6) is -0.237. The van der Waals surface area contributed by atoms with Crippen molar-refractivity contribution in [2.75, 3.05) is 11.1 Å². The van der Waals surface area contributed by atoms with Crippen molar-refractivity contribution in [2.24, 2.45) is 0 Å². The Morgan fingerprint density at radius 1 is 1.38 bits per heavy atom. The van der Waals surface area contributed by atoms with Crippen LogP contribution in [0.2, 0.25) is 0 Å². The zero-order valence-electron chi connectivity index (χ0n) is 14.4. The first kappa shape index (κ1) is 18.8. The topological polar surface area (TPSA) is 84.0 Å². The first-order valence-electron chi connectivity index (χ1n) is 8.23. The van der Waals surface area contributed by atoms with Crippen LogP contribution in [-0.2, 0) is 16.0 Å². The zero-order chi connectivity index (χ0) is 18.7. The number of aromatic nitrogens is 2. The fourth-order valence-electron chi connectivity index (χ4n) is 2.46. The fourth-order valence-corrected chi connectivity index (χ4v) is 4.39. The molecule has 26 heavy (non-hydrogen) atoms. The molecule has 2 amide bonds. The molecular weight excluding hydrogens is 375 g/mol. The lowest BCUT2D eigenvalue weighted by atomic mass is 10.1. The molecule has 6 nitrogen and oxygen atoms in total. The molecule has 1 aliphatic heterocycles. The van der Waals surface area contributed by atoms with Gasteiger partial charge < -0.3 is 5.32 Å². The number of benzene rings is 1. The molecule has 1 fully saturated rings. The molecule has 2 atom stereocenters. The monoisotopic (exact) mass is 394 g/mol. The van der Waals surface area contributed by atoms with Crippen molar-refractivity contribution in [3.63, 3.8) is 0 Å². The van der Waals surface area contributed by atoms with Gasteiger partial charge in [0.25, 0.3) is 0 Å². The number of carbonyl (C=O) groups is 2. The lowest BCUT2D eigenvalue weighted by Crippen LogP contribution is -2.52. The van der Waals surface area contributed by atoms with E-state index in [1.807, 2.05) is 13.8 Å². The summed E-state index contributed by atoms with van der Waals surface area (Å²) in [5.41, 5.74) is 0.498. The number of nitrogens with zero attached hydrogens (tertiary/aromatic N) is 2. The number of hydrogen-bond donors (Lipinski definition) is 2. The molecule has 3 rings (SSSR count). The average molecular weight is 394 g/mol. The Kier molecular flexibility index (Phi) is 5.87. The highest BCUT2D eigenvalue weighted by Gasteiger charge is 2.33. The number of thioether (sulfide) groups is 1. The van der Waals surface area contributed by atoms with Crippen LogP contribution in [0.25, 0.3) is 0 Å². The molecule has 1 aromatic carbocycles. The van der Waals surface area contributed by atoms with Crippen LogP contribution in [0.15, 0.2) is 24.3 Å². The van der Waals surface area contributed by atoms with E-state index in [-0.39, 0.29) is 23.5 Å². The van der Waals surface area contributed by atoms with Gasteiger partial charge in [0.2, 0.25) is 16.9 Å². The average Bonchev–Trinajstić information content (AvgIpc) is 3.07. The van der Waals surface area contributed by atoms with Crippen molar-refractivity contribution in [1.29, 1.82) is 0 Å². The first-order valence-corrected chi connectivity index (χ1v) is 10.1. The second kappa shape index (κ2) is 8.13. The van der Waals surface area contributed by atoms with E-state index < -0.39 is 11.3 Å². The van der Waals surface area contributed by atoms with Gasteiger partial charge in [-0.05, 0) is 18.1 Å². The van der Waals surface area contributed by atoms with Gasteiger partial charge in [-0.1, -0.05) is 43.4 Å². The van der Waals surface area contributed by atoms with Gasteiger partial charge in [0.15, 0.2) is 0 Å². The summed E-state index contributed by atoms with van der Waals surface area (Å²) in [6.07, 6.45) is 0.297. The molecule has 2 N–H and O–H groups in total. The van der Waals surface area contributed by atoms with E-state index in [4.69, 9.17) is 0 Å². The highest BCUT2D eigenvalue weighted by Crippen LogP contribution is 2.25. The summed E-state index contributed by atoms with van der Waals surface area (Å²) in [6.45, 7) is 4.00. The Bertz CT molecular complexity index is 812. The third kappa shape index (κ3) is 4.39. The van der Waals surface area contributed by atoms with Crippen LogP contribution in [0.3, 0.4) is 0 Å². The fraction of sp³-hybridized carbons (Fsp3) is 0.412. The van der Waals surface area contributed by atoms with Crippen molar-refractivity contribution in [1.82, 2.24) is 15.5 Å². The maximum absolute atomic E-state index is 13.8. The molecule has 0 spiro atoms. The van der Waals surface area contributed by atoms with Crippen molar-refractivity contribution >= 4 is 40.0 Å². The predicted molar refractivity (Wildman–Crippen MR) is 101 cm³/mol. The quantitative estimate of drug-likeness (QED) is 0.814. The van der Waals surface area contributed by atoms with Crippen LogP contribution in [0.4, 0.5) is 9.52 Å². The summed E-state index contributed by atoms with van der Waals surface area (Å²) in [7, 11) is 0. The van der Waals surface area contributed by atoms with E-state index in [1.54, 1.807) is 18.2 Å². The number of anilines is 1. The number of rotatable bonds is 5. The molecule has 1 saturated heterocycles. The number of hydrogen-bond acceptors (Lipinski definition) is 6. The van der Waals surface area contributed by atoms with E-state index in [2.05, 4.69) is 20.8 Å². The van der Waals surface area contributed by atoms with Crippen molar-refractivity contribution < 1.29 is 14.0 Å². The van der Waals surface area contributed by atoms with Gasteiger partial charge in [-0.25, -0.2) is 4.39 Å². The summed E-state index contributed by atoms with van der Waals surface area (Å²) < 4.78 is 13.8. The van der Waals surface area contributed by atoms with E-state index in [0.29, 0.717) is 22.9 Å². The number of amides is 2. The Morgan fingerprint density at radius 2 is 2.15 bits per heavy atom. The highest BCUT2D eigenvalue weighted by atomic mass is 32.2. The number of carbonyl (C=O) groups excluding carboxylic acids is 2. The second-order valence-electron chi connectivity index (χ2n) is 6.27. The van der Waals surface area contributed by atoms with E-state index in [1.165, 1.54) is 29.2 Å². The van der Waals surface area contributed by atoms with Gasteiger partial charge in [-0.2, -0.15) is 0 Å². The Labute approximate surface area is 159 Å². The molecule has 2 aromatic rings. The Balaban J connectivity index is 1.56. The minimum Gasteiger partial charge on any atom is -0.343 e.